The van der Waals surface area contributed by atoms with Crippen LogP contribution in [0.2, 0.25) is 0 Å². The molecule has 3 heterocycles. The predicted molar refractivity (Wildman–Crippen MR) is 128 cm³/mol. The Morgan fingerprint density at radius 3 is 2.66 bits per heavy atom. The van der Waals surface area contributed by atoms with Gasteiger partial charge < -0.3 is 15.0 Å². The molecule has 3 aromatic rings. The molecule has 1 aromatic carbocycles. The number of aryl methyl sites for hydroxylation is 2. The van der Waals surface area contributed by atoms with Gasteiger partial charge in [-0.2, -0.15) is 0 Å². The van der Waals surface area contributed by atoms with E-state index in [1.165, 1.54) is 6.26 Å². The van der Waals surface area contributed by atoms with Crippen LogP contribution in [0.4, 0.5) is 5.82 Å². The van der Waals surface area contributed by atoms with Crippen LogP contribution in [0.1, 0.15) is 44.9 Å². The average Bonchev–Trinajstić information content (AvgIpc) is 3.09. The van der Waals surface area contributed by atoms with Crippen molar-refractivity contribution in [1.82, 2.24) is 18.8 Å². The second-order valence-corrected chi connectivity index (χ2v) is 10.8. The summed E-state index contributed by atoms with van der Waals surface area (Å²) in [6.45, 7) is 3.98. The number of ether oxygens (including phenoxy) is 1. The van der Waals surface area contributed by atoms with E-state index in [0.29, 0.717) is 31.4 Å². The number of fused-ring (bicyclic) bond motifs is 3. The molecule has 1 aliphatic heterocycles. The van der Waals surface area contributed by atoms with Gasteiger partial charge in [-0.05, 0) is 49.8 Å². The van der Waals surface area contributed by atoms with Gasteiger partial charge in [-0.25, -0.2) is 22.7 Å². The Morgan fingerprint density at radius 1 is 1.22 bits per heavy atom. The van der Waals surface area contributed by atoms with Gasteiger partial charge in [-0.15, -0.1) is 0 Å². The van der Waals surface area contributed by atoms with Crippen molar-refractivity contribution in [2.75, 3.05) is 31.7 Å². The SMILES string of the molecule is CCCCc1nc2c(N)nc3ccc(OCCC4CCN(S(C)(=O)=O)CC4)cc3c2n1C. The molecule has 174 valence electrons. The lowest BCUT2D eigenvalue weighted by Crippen LogP contribution is -2.38. The number of nitrogen functional groups attached to an aromatic ring is 1. The van der Waals surface area contributed by atoms with Crippen molar-refractivity contribution in [1.29, 1.82) is 0 Å². The molecule has 0 radical (unpaired) electrons. The number of hydrogen-bond donors (Lipinski definition) is 1. The van der Waals surface area contributed by atoms with Gasteiger partial charge in [-0.3, -0.25) is 0 Å². The number of nitrogens with zero attached hydrogens (tertiary/aromatic N) is 4. The first kappa shape index (κ1) is 22.8. The highest BCUT2D eigenvalue weighted by atomic mass is 32.2. The minimum absolute atomic E-state index is 0.458. The van der Waals surface area contributed by atoms with E-state index in [1.54, 1.807) is 4.31 Å². The van der Waals surface area contributed by atoms with Crippen LogP contribution in [0.3, 0.4) is 0 Å². The zero-order chi connectivity index (χ0) is 22.9. The number of imidazole rings is 1. The number of sulfonamides is 1. The predicted octanol–water partition coefficient (Wildman–Crippen LogP) is 3.49. The molecular weight excluding hydrogens is 426 g/mol. The second kappa shape index (κ2) is 9.23. The third-order valence-corrected chi connectivity index (χ3v) is 7.79. The molecule has 1 saturated heterocycles. The number of piperidine rings is 1. The first-order valence-corrected chi connectivity index (χ1v) is 13.2. The fraction of sp³-hybridized carbons (Fsp3) is 0.565. The first-order chi connectivity index (χ1) is 15.3. The van der Waals surface area contributed by atoms with Crippen LogP contribution >= 0.6 is 0 Å². The highest BCUT2D eigenvalue weighted by Gasteiger charge is 2.24. The Kier molecular flexibility index (Phi) is 6.57. The molecule has 0 aliphatic carbocycles. The van der Waals surface area contributed by atoms with E-state index in [9.17, 15) is 8.42 Å². The summed E-state index contributed by atoms with van der Waals surface area (Å²) in [6, 6.07) is 5.91. The van der Waals surface area contributed by atoms with Gasteiger partial charge in [0.15, 0.2) is 5.82 Å². The van der Waals surface area contributed by atoms with Crippen molar-refractivity contribution < 1.29 is 13.2 Å². The molecule has 8 nitrogen and oxygen atoms in total. The molecule has 0 atom stereocenters. The number of aromatic nitrogens is 3. The summed E-state index contributed by atoms with van der Waals surface area (Å²) in [5.41, 5.74) is 8.79. The molecule has 0 saturated carbocycles. The van der Waals surface area contributed by atoms with Crippen molar-refractivity contribution >= 4 is 37.8 Å². The Labute approximate surface area is 189 Å². The summed E-state index contributed by atoms with van der Waals surface area (Å²) in [6.07, 6.45) is 7.07. The number of anilines is 1. The molecular formula is C23H33N5O3S. The standard InChI is InChI=1S/C23H33N5O3S/c1-4-5-6-20-26-21-22(27(20)2)18-15-17(7-8-19(18)25-23(21)24)31-14-11-16-9-12-28(13-10-16)32(3,29)30/h7-8,15-16H,4-6,9-14H2,1-3H3,(H2,24,25). The summed E-state index contributed by atoms with van der Waals surface area (Å²) >= 11 is 0. The summed E-state index contributed by atoms with van der Waals surface area (Å²) in [4.78, 5) is 9.32. The largest absolute Gasteiger partial charge is 0.494 e. The highest BCUT2D eigenvalue weighted by molar-refractivity contribution is 7.88. The molecule has 0 bridgehead atoms. The Hall–Kier alpha value is -2.39. The zero-order valence-electron chi connectivity index (χ0n) is 19.2. The Balaban J connectivity index is 1.48. The van der Waals surface area contributed by atoms with E-state index in [4.69, 9.17) is 15.5 Å². The topological polar surface area (TPSA) is 103 Å². The Bertz CT molecular complexity index is 1210. The minimum atomic E-state index is -3.08. The van der Waals surface area contributed by atoms with Crippen molar-refractivity contribution in [3.8, 4) is 5.75 Å². The van der Waals surface area contributed by atoms with Crippen molar-refractivity contribution in [3.63, 3.8) is 0 Å². The third kappa shape index (κ3) is 4.68. The van der Waals surface area contributed by atoms with Gasteiger partial charge in [0.2, 0.25) is 10.0 Å². The maximum Gasteiger partial charge on any atom is 0.211 e. The van der Waals surface area contributed by atoms with Crippen LogP contribution in [0.5, 0.6) is 5.75 Å². The number of benzene rings is 1. The summed E-state index contributed by atoms with van der Waals surface area (Å²) in [7, 11) is -1.04. The third-order valence-electron chi connectivity index (χ3n) is 6.49. The highest BCUT2D eigenvalue weighted by Crippen LogP contribution is 2.31. The number of pyridine rings is 1. The molecule has 0 unspecified atom stereocenters. The monoisotopic (exact) mass is 459 g/mol. The smallest absolute Gasteiger partial charge is 0.211 e. The van der Waals surface area contributed by atoms with E-state index in [-0.39, 0.29) is 0 Å². The zero-order valence-corrected chi connectivity index (χ0v) is 20.0. The molecule has 0 amide bonds. The fourth-order valence-corrected chi connectivity index (χ4v) is 5.41. The number of nitrogens with two attached hydrogens (primary N) is 1. The van der Waals surface area contributed by atoms with Crippen LogP contribution in [-0.2, 0) is 23.5 Å². The lowest BCUT2D eigenvalue weighted by Gasteiger charge is -2.30. The number of rotatable bonds is 8. The van der Waals surface area contributed by atoms with E-state index in [0.717, 1.165) is 72.0 Å². The summed E-state index contributed by atoms with van der Waals surface area (Å²) < 4.78 is 33.1. The molecule has 32 heavy (non-hydrogen) atoms. The molecule has 4 rings (SSSR count). The molecule has 0 spiro atoms. The van der Waals surface area contributed by atoms with Gasteiger partial charge >= 0.3 is 0 Å². The first-order valence-electron chi connectivity index (χ1n) is 11.4. The van der Waals surface area contributed by atoms with Crippen molar-refractivity contribution in [2.45, 2.75) is 45.4 Å². The lowest BCUT2D eigenvalue weighted by molar-refractivity contribution is 0.220. The van der Waals surface area contributed by atoms with Crippen LogP contribution in [0, 0.1) is 5.92 Å². The molecule has 1 aliphatic rings. The van der Waals surface area contributed by atoms with Gasteiger partial charge in [0.1, 0.15) is 17.1 Å². The fourth-order valence-electron chi connectivity index (χ4n) is 4.54. The van der Waals surface area contributed by atoms with E-state index >= 15 is 0 Å². The number of unbranched alkanes of at least 4 members (excludes halogenated alkanes) is 1. The van der Waals surface area contributed by atoms with Crippen LogP contribution < -0.4 is 10.5 Å². The number of hydrogen-bond acceptors (Lipinski definition) is 6. The van der Waals surface area contributed by atoms with Crippen LogP contribution in [-0.4, -0.2) is 53.2 Å². The van der Waals surface area contributed by atoms with Crippen molar-refractivity contribution in [3.05, 3.63) is 24.0 Å². The molecule has 1 fully saturated rings. The summed E-state index contributed by atoms with van der Waals surface area (Å²) in [5.74, 6) is 2.77. The van der Waals surface area contributed by atoms with E-state index in [1.807, 2.05) is 25.2 Å². The van der Waals surface area contributed by atoms with Gasteiger partial charge in [0.25, 0.3) is 0 Å². The normalized spacial score (nSPS) is 16.2. The van der Waals surface area contributed by atoms with Gasteiger partial charge in [0, 0.05) is 31.9 Å². The molecule has 2 aromatic heterocycles. The van der Waals surface area contributed by atoms with Crippen LogP contribution in [0.25, 0.3) is 21.9 Å². The maximum absolute atomic E-state index is 11.7. The van der Waals surface area contributed by atoms with Gasteiger partial charge in [-0.1, -0.05) is 13.3 Å². The molecule has 9 heteroatoms. The van der Waals surface area contributed by atoms with Crippen molar-refractivity contribution in [2.24, 2.45) is 13.0 Å². The van der Waals surface area contributed by atoms with E-state index in [2.05, 4.69) is 16.5 Å². The quantitative estimate of drug-likeness (QED) is 0.553. The maximum atomic E-state index is 11.7. The Morgan fingerprint density at radius 2 is 1.97 bits per heavy atom. The summed E-state index contributed by atoms with van der Waals surface area (Å²) in [5, 5.41) is 0.992. The van der Waals surface area contributed by atoms with E-state index < -0.39 is 10.0 Å². The second-order valence-electron chi connectivity index (χ2n) is 8.81. The molecule has 2 N–H and O–H groups in total. The minimum Gasteiger partial charge on any atom is -0.494 e. The van der Waals surface area contributed by atoms with Gasteiger partial charge in [0.05, 0.1) is 23.9 Å². The average molecular weight is 460 g/mol. The lowest BCUT2D eigenvalue weighted by atomic mass is 9.95. The van der Waals surface area contributed by atoms with Crippen LogP contribution in [0.15, 0.2) is 18.2 Å².